The largest absolute Gasteiger partial charge is 0.494 e. The molecule has 160 valence electrons. The van der Waals surface area contributed by atoms with Gasteiger partial charge in [-0.3, -0.25) is 13.9 Å². The van der Waals surface area contributed by atoms with Gasteiger partial charge in [0.25, 0.3) is 0 Å². The van der Waals surface area contributed by atoms with E-state index in [2.05, 4.69) is 5.32 Å². The molecule has 0 saturated carbocycles. The summed E-state index contributed by atoms with van der Waals surface area (Å²) in [7, 11) is -3.51. The Hall–Kier alpha value is -2.87. The number of nitrogens with one attached hydrogen (secondary N) is 1. The topological polar surface area (TPSA) is 92.8 Å². The number of carbonyl (C=O) groups excluding carboxylic acids is 2. The van der Waals surface area contributed by atoms with E-state index >= 15 is 0 Å². The molecule has 0 aromatic heterocycles. The standard InChI is InChI=1S/C22H26N2O5S/c1-2-29-19-9-7-18(8-10-19)21(25)11-12-22(26)23-14-16-30(27,28)24-15-13-17-5-3-4-6-20(17)24/h3-10H,2,11-16H2,1H3,(H,23,26). The summed E-state index contributed by atoms with van der Waals surface area (Å²) in [5.74, 6) is 0.0225. The lowest BCUT2D eigenvalue weighted by molar-refractivity contribution is -0.120. The van der Waals surface area contributed by atoms with Crippen molar-refractivity contribution < 1.29 is 22.7 Å². The number of carbonyl (C=O) groups is 2. The van der Waals surface area contributed by atoms with Gasteiger partial charge >= 0.3 is 0 Å². The number of rotatable bonds is 10. The quantitative estimate of drug-likeness (QED) is 0.585. The van der Waals surface area contributed by atoms with E-state index in [0.29, 0.717) is 36.6 Å². The van der Waals surface area contributed by atoms with Gasteiger partial charge in [0.1, 0.15) is 5.75 Å². The van der Waals surface area contributed by atoms with Crippen molar-refractivity contribution >= 4 is 27.4 Å². The molecule has 3 rings (SSSR count). The van der Waals surface area contributed by atoms with Crippen LogP contribution in [0.25, 0.3) is 0 Å². The van der Waals surface area contributed by atoms with E-state index in [4.69, 9.17) is 4.74 Å². The maximum Gasteiger partial charge on any atom is 0.236 e. The summed E-state index contributed by atoms with van der Waals surface area (Å²) in [6.45, 7) is 2.86. The predicted molar refractivity (Wildman–Crippen MR) is 115 cm³/mol. The van der Waals surface area contributed by atoms with Crippen LogP contribution in [0.2, 0.25) is 0 Å². The molecule has 0 saturated heterocycles. The van der Waals surface area contributed by atoms with Gasteiger partial charge in [0.05, 0.1) is 18.0 Å². The minimum absolute atomic E-state index is 0.0110. The van der Waals surface area contributed by atoms with Crippen molar-refractivity contribution in [2.75, 3.05) is 29.8 Å². The lowest BCUT2D eigenvalue weighted by atomic mass is 10.1. The molecule has 0 radical (unpaired) electrons. The number of ketones is 1. The molecular weight excluding hydrogens is 404 g/mol. The summed E-state index contributed by atoms with van der Waals surface area (Å²) in [6.07, 6.45) is 0.764. The lowest BCUT2D eigenvalue weighted by Crippen LogP contribution is -2.37. The minimum atomic E-state index is -3.51. The summed E-state index contributed by atoms with van der Waals surface area (Å²) in [6, 6.07) is 14.2. The molecule has 1 aliphatic rings. The van der Waals surface area contributed by atoms with Crippen molar-refractivity contribution in [1.82, 2.24) is 5.32 Å². The molecule has 2 aromatic rings. The van der Waals surface area contributed by atoms with E-state index in [1.165, 1.54) is 4.31 Å². The Kier molecular flexibility index (Phi) is 7.10. The molecule has 0 bridgehead atoms. The average molecular weight is 431 g/mol. The number of ether oxygens (including phenoxy) is 1. The van der Waals surface area contributed by atoms with E-state index in [9.17, 15) is 18.0 Å². The van der Waals surface area contributed by atoms with E-state index in [1.54, 1.807) is 30.3 Å². The Labute approximate surface area is 177 Å². The third kappa shape index (κ3) is 5.38. The van der Waals surface area contributed by atoms with Gasteiger partial charge in [-0.2, -0.15) is 0 Å². The zero-order valence-electron chi connectivity index (χ0n) is 17.0. The highest BCUT2D eigenvalue weighted by atomic mass is 32.2. The first-order valence-electron chi connectivity index (χ1n) is 10.0. The fourth-order valence-corrected chi connectivity index (χ4v) is 4.82. The molecular formula is C22H26N2O5S. The van der Waals surface area contributed by atoms with Crippen LogP contribution in [0.15, 0.2) is 48.5 Å². The lowest BCUT2D eigenvalue weighted by Gasteiger charge is -2.19. The maximum absolute atomic E-state index is 12.6. The maximum atomic E-state index is 12.6. The Balaban J connectivity index is 1.43. The molecule has 1 amide bonds. The van der Waals surface area contributed by atoms with Crippen LogP contribution in [0.3, 0.4) is 0 Å². The van der Waals surface area contributed by atoms with Gasteiger partial charge in [-0.05, 0) is 49.2 Å². The highest BCUT2D eigenvalue weighted by Crippen LogP contribution is 2.29. The highest BCUT2D eigenvalue weighted by Gasteiger charge is 2.28. The van der Waals surface area contributed by atoms with Gasteiger partial charge < -0.3 is 10.1 Å². The van der Waals surface area contributed by atoms with Crippen LogP contribution in [-0.2, 0) is 21.2 Å². The fraction of sp³-hybridized carbons (Fsp3) is 0.364. The normalized spacial score (nSPS) is 13.0. The third-order valence-electron chi connectivity index (χ3n) is 4.93. The van der Waals surface area contributed by atoms with Crippen molar-refractivity contribution in [3.8, 4) is 5.75 Å². The van der Waals surface area contributed by atoms with Gasteiger partial charge in [-0.15, -0.1) is 0 Å². The Morgan fingerprint density at radius 2 is 1.80 bits per heavy atom. The van der Waals surface area contributed by atoms with Crippen molar-refractivity contribution in [3.63, 3.8) is 0 Å². The molecule has 0 spiro atoms. The smallest absolute Gasteiger partial charge is 0.236 e. The van der Waals surface area contributed by atoms with Crippen LogP contribution in [0.5, 0.6) is 5.75 Å². The number of nitrogens with zero attached hydrogens (tertiary/aromatic N) is 1. The minimum Gasteiger partial charge on any atom is -0.494 e. The van der Waals surface area contributed by atoms with Crippen LogP contribution in [-0.4, -0.2) is 45.6 Å². The zero-order chi connectivity index (χ0) is 21.6. The molecule has 0 atom stereocenters. The van der Waals surface area contributed by atoms with Crippen LogP contribution < -0.4 is 14.4 Å². The van der Waals surface area contributed by atoms with Crippen LogP contribution in [0.4, 0.5) is 5.69 Å². The van der Waals surface area contributed by atoms with Crippen LogP contribution in [0.1, 0.15) is 35.7 Å². The molecule has 1 aliphatic heterocycles. The average Bonchev–Trinajstić information content (AvgIpc) is 3.18. The monoisotopic (exact) mass is 430 g/mol. The van der Waals surface area contributed by atoms with Gasteiger partial charge in [-0.1, -0.05) is 18.2 Å². The van der Waals surface area contributed by atoms with E-state index in [-0.39, 0.29) is 36.8 Å². The molecule has 30 heavy (non-hydrogen) atoms. The summed E-state index contributed by atoms with van der Waals surface area (Å²) in [5, 5.41) is 2.60. The highest BCUT2D eigenvalue weighted by molar-refractivity contribution is 7.92. The number of amides is 1. The number of Topliss-reactive ketones (excluding diaryl/α,β-unsaturated/α-hetero) is 1. The zero-order valence-corrected chi connectivity index (χ0v) is 17.8. The number of benzene rings is 2. The molecule has 1 N–H and O–H groups in total. The number of fused-ring (bicyclic) bond motifs is 1. The van der Waals surface area contributed by atoms with Gasteiger partial charge in [0.15, 0.2) is 5.78 Å². The molecule has 0 fully saturated rings. The van der Waals surface area contributed by atoms with Crippen molar-refractivity contribution in [3.05, 3.63) is 59.7 Å². The number of hydrogen-bond donors (Lipinski definition) is 1. The second-order valence-electron chi connectivity index (χ2n) is 7.00. The molecule has 2 aromatic carbocycles. The SMILES string of the molecule is CCOc1ccc(C(=O)CCC(=O)NCCS(=O)(=O)N2CCc3ccccc32)cc1. The van der Waals surface area contributed by atoms with Crippen molar-refractivity contribution in [2.45, 2.75) is 26.2 Å². The predicted octanol–water partition coefficient (Wildman–Crippen LogP) is 2.56. The first-order chi connectivity index (χ1) is 14.4. The van der Waals surface area contributed by atoms with E-state index in [1.807, 2.05) is 25.1 Å². The Morgan fingerprint density at radius 1 is 1.07 bits per heavy atom. The summed E-state index contributed by atoms with van der Waals surface area (Å²) in [5.41, 5.74) is 2.24. The number of hydrogen-bond acceptors (Lipinski definition) is 5. The van der Waals surface area contributed by atoms with Crippen LogP contribution >= 0.6 is 0 Å². The summed E-state index contributed by atoms with van der Waals surface area (Å²) < 4.78 is 32.0. The molecule has 7 nitrogen and oxygen atoms in total. The number of anilines is 1. The fourth-order valence-electron chi connectivity index (χ4n) is 3.39. The first kappa shape index (κ1) is 21.8. The second kappa shape index (κ2) is 9.75. The Bertz CT molecular complexity index is 1000. The Morgan fingerprint density at radius 3 is 2.53 bits per heavy atom. The first-order valence-corrected chi connectivity index (χ1v) is 11.6. The van der Waals surface area contributed by atoms with Gasteiger partial charge in [0, 0.05) is 31.5 Å². The molecule has 0 aliphatic carbocycles. The summed E-state index contributed by atoms with van der Waals surface area (Å²) >= 11 is 0. The van der Waals surface area contributed by atoms with E-state index in [0.717, 1.165) is 5.56 Å². The third-order valence-corrected chi connectivity index (χ3v) is 6.70. The van der Waals surface area contributed by atoms with E-state index < -0.39 is 10.0 Å². The van der Waals surface area contributed by atoms with Crippen LogP contribution in [0, 0.1) is 0 Å². The number of para-hydroxylation sites is 1. The van der Waals surface area contributed by atoms with Crippen molar-refractivity contribution in [1.29, 1.82) is 0 Å². The molecule has 1 heterocycles. The molecule has 8 heteroatoms. The van der Waals surface area contributed by atoms with Gasteiger partial charge in [-0.25, -0.2) is 8.42 Å². The molecule has 0 unspecified atom stereocenters. The second-order valence-corrected chi connectivity index (χ2v) is 9.01. The number of sulfonamides is 1. The summed E-state index contributed by atoms with van der Waals surface area (Å²) in [4.78, 5) is 24.3. The van der Waals surface area contributed by atoms with Gasteiger partial charge in [0.2, 0.25) is 15.9 Å². The van der Waals surface area contributed by atoms with Crippen molar-refractivity contribution in [2.24, 2.45) is 0 Å².